The molecule has 10 atom stereocenters. The number of nitrogens with zero attached hydrogens (tertiary/aromatic N) is 1. The maximum absolute atomic E-state index is 14.1. The van der Waals surface area contributed by atoms with Gasteiger partial charge in [0.15, 0.2) is 17.3 Å². The highest BCUT2D eigenvalue weighted by molar-refractivity contribution is 6.47. The van der Waals surface area contributed by atoms with Crippen LogP contribution in [0.1, 0.15) is 162 Å². The molecule has 374 valence electrons. The number of Topliss-reactive ketones (excluding diaryl/α,β-unsaturated/α-hetero) is 4. The number of ketones is 4. The third-order valence-corrected chi connectivity index (χ3v) is 15.8. The molecule has 2 aromatic rings. The fraction of sp³-hybridized carbons (Fsp3) is 0.673. The lowest BCUT2D eigenvalue weighted by atomic mass is 9.43. The van der Waals surface area contributed by atoms with Crippen molar-refractivity contribution in [2.24, 2.45) is 40.7 Å². The van der Waals surface area contributed by atoms with Crippen molar-refractivity contribution < 1.29 is 43.2 Å². The van der Waals surface area contributed by atoms with E-state index in [0.29, 0.717) is 49.6 Å². The molecule has 1 unspecified atom stereocenters. The predicted octanol–water partition coefficient (Wildman–Crippen LogP) is 8.78. The fourth-order valence-corrected chi connectivity index (χ4v) is 11.3. The second-order valence-electron chi connectivity index (χ2n) is 21.8. The van der Waals surface area contributed by atoms with Gasteiger partial charge in [-0.3, -0.25) is 28.8 Å². The maximum Gasteiger partial charge on any atom is 0.461 e. The molecular weight excluding hydrogens is 857 g/mol. The number of rotatable bonds is 28. The average molecular weight is 940 g/mol. The number of nitrogens with two attached hydrogens (primary N) is 1. The lowest BCUT2D eigenvalue weighted by Gasteiger charge is -2.64. The number of unbranched alkanes of at least 4 members (excludes halogenated alkanes) is 2. The molecule has 1 saturated heterocycles. The quantitative estimate of drug-likeness (QED) is 0.0424. The second kappa shape index (κ2) is 24.2. The first kappa shape index (κ1) is 54.9. The van der Waals surface area contributed by atoms with Gasteiger partial charge in [-0.1, -0.05) is 110 Å². The molecule has 12 nitrogen and oxygen atoms in total. The number of carbonyl (C=O) groups is 6. The van der Waals surface area contributed by atoms with E-state index in [1.54, 1.807) is 6.92 Å². The van der Waals surface area contributed by atoms with Crippen LogP contribution in [0.15, 0.2) is 48.5 Å². The molecule has 2 amide bonds. The Labute approximate surface area is 407 Å². The molecule has 0 aromatic heterocycles. The third kappa shape index (κ3) is 13.2. The lowest BCUT2D eigenvalue weighted by molar-refractivity contribution is -0.199. The minimum atomic E-state index is -1.27. The van der Waals surface area contributed by atoms with E-state index < -0.39 is 54.7 Å². The summed E-state index contributed by atoms with van der Waals surface area (Å²) in [7, 11) is 0.926. The molecule has 0 radical (unpaired) electrons. The molecule has 4 N–H and O–H groups in total. The Kier molecular flexibility index (Phi) is 19.5. The standard InChI is InChI=1S/C55H82BN3O9/c1-11-12-16-38-20-22-39(23-21-38)40-24-26-41(27-25-40)45(62)19-15-18-44(61)31-42(17-13-14-28-57)53(66)59(10)51(37(6)60)47(64)29-35(4)52(65)58-50(34(2)3)46(63)30-36(5)56-67-49-33-43-32-48(54(43,7)8)55(49,9)68-56/h20-27,34-37,42-43,48-51,60H,11-19,28-33,57H2,1-10H3,(H,58,65)/t35-,36-,37-,42-,43+,48+,49?,50+,51+,55+/m1/s1. The van der Waals surface area contributed by atoms with Crippen LogP contribution < -0.4 is 11.1 Å². The first-order valence-corrected chi connectivity index (χ1v) is 25.7. The van der Waals surface area contributed by atoms with Crippen LogP contribution in [0, 0.1) is 35.0 Å². The summed E-state index contributed by atoms with van der Waals surface area (Å²) in [5.74, 6) is -2.90. The summed E-state index contributed by atoms with van der Waals surface area (Å²) in [6.07, 6.45) is 6.19. The zero-order valence-electron chi connectivity index (χ0n) is 42.8. The Balaban J connectivity index is 1.11. The molecule has 2 aromatic carbocycles. The Bertz CT molecular complexity index is 2050. The first-order chi connectivity index (χ1) is 32.1. The van der Waals surface area contributed by atoms with Gasteiger partial charge in [0.05, 0.1) is 23.9 Å². The zero-order chi connectivity index (χ0) is 50.1. The van der Waals surface area contributed by atoms with Gasteiger partial charge in [0.2, 0.25) is 11.8 Å². The molecule has 2 bridgehead atoms. The fourth-order valence-electron chi connectivity index (χ4n) is 11.3. The smallest absolute Gasteiger partial charge is 0.405 e. The van der Waals surface area contributed by atoms with Crippen LogP contribution in [-0.2, 0) is 39.7 Å². The number of amides is 2. The van der Waals surface area contributed by atoms with Crippen molar-refractivity contribution in [3.63, 3.8) is 0 Å². The van der Waals surface area contributed by atoms with Gasteiger partial charge in [-0.15, -0.1) is 0 Å². The van der Waals surface area contributed by atoms with E-state index in [1.165, 1.54) is 24.4 Å². The number of aliphatic hydroxyl groups is 1. The van der Waals surface area contributed by atoms with E-state index in [1.807, 2.05) is 45.0 Å². The number of hydrogen-bond acceptors (Lipinski definition) is 10. The normalized spacial score (nSPS) is 23.1. The van der Waals surface area contributed by atoms with E-state index in [9.17, 15) is 33.9 Å². The SMILES string of the molecule is CCCCc1ccc(-c2ccc(C(=O)CCCC(=O)C[C@@H](CCCCN)C(=O)N(C)[C@H](C(=O)C[C@@H](C)C(=O)N[C@H](C(=O)C[C@@H](C)B3OC4C[C@@H]5C[C@@H](C5(C)C)[C@]4(C)O3)C(C)C)[C@@H](C)O)cc2)cc1. The molecule has 1 aliphatic heterocycles. The van der Waals surface area contributed by atoms with Crippen molar-refractivity contribution in [3.8, 4) is 11.1 Å². The summed E-state index contributed by atoms with van der Waals surface area (Å²) in [6, 6.07) is 14.0. The van der Waals surface area contributed by atoms with Crippen LogP contribution in [0.5, 0.6) is 0 Å². The molecule has 1 heterocycles. The summed E-state index contributed by atoms with van der Waals surface area (Å²) in [5, 5.41) is 13.8. The van der Waals surface area contributed by atoms with Gasteiger partial charge in [-0.25, -0.2) is 0 Å². The van der Waals surface area contributed by atoms with Gasteiger partial charge in [-0.2, -0.15) is 0 Å². The summed E-state index contributed by atoms with van der Waals surface area (Å²) in [6.45, 7) is 18.1. The second-order valence-corrected chi connectivity index (χ2v) is 21.8. The van der Waals surface area contributed by atoms with Gasteiger partial charge in [-0.05, 0) is 111 Å². The van der Waals surface area contributed by atoms with Crippen LogP contribution in [0.2, 0.25) is 5.82 Å². The highest BCUT2D eigenvalue weighted by Gasteiger charge is 2.68. The molecule has 6 rings (SSSR count). The Morgan fingerprint density at radius 1 is 0.838 bits per heavy atom. The van der Waals surface area contributed by atoms with Crippen molar-refractivity contribution in [2.75, 3.05) is 13.6 Å². The molecule has 4 aliphatic rings. The summed E-state index contributed by atoms with van der Waals surface area (Å²) >= 11 is 0. The van der Waals surface area contributed by atoms with Crippen molar-refractivity contribution in [1.82, 2.24) is 10.2 Å². The summed E-state index contributed by atoms with van der Waals surface area (Å²) < 4.78 is 13.1. The van der Waals surface area contributed by atoms with E-state index in [0.717, 1.165) is 43.2 Å². The first-order valence-electron chi connectivity index (χ1n) is 25.7. The van der Waals surface area contributed by atoms with Crippen LogP contribution >= 0.6 is 0 Å². The number of carbonyl (C=O) groups excluding carboxylic acids is 6. The van der Waals surface area contributed by atoms with Gasteiger partial charge >= 0.3 is 7.12 Å². The monoisotopic (exact) mass is 940 g/mol. The summed E-state index contributed by atoms with van der Waals surface area (Å²) in [5.41, 5.74) is 9.56. The number of hydrogen-bond donors (Lipinski definition) is 3. The van der Waals surface area contributed by atoms with Crippen LogP contribution in [0.25, 0.3) is 11.1 Å². The topological polar surface area (TPSA) is 182 Å². The van der Waals surface area contributed by atoms with Crippen LogP contribution in [0.3, 0.4) is 0 Å². The highest BCUT2D eigenvalue weighted by Crippen LogP contribution is 2.66. The van der Waals surface area contributed by atoms with Crippen molar-refractivity contribution >= 4 is 42.1 Å². The van der Waals surface area contributed by atoms with Gasteiger partial charge in [0.25, 0.3) is 0 Å². The minimum absolute atomic E-state index is 0.00138. The van der Waals surface area contributed by atoms with Crippen molar-refractivity contribution in [3.05, 3.63) is 59.7 Å². The van der Waals surface area contributed by atoms with Crippen molar-refractivity contribution in [2.45, 2.75) is 188 Å². The predicted molar refractivity (Wildman–Crippen MR) is 268 cm³/mol. The number of likely N-dealkylation sites (N-methyl/N-ethyl adjacent to an activating group) is 1. The maximum atomic E-state index is 14.1. The number of benzene rings is 2. The Morgan fingerprint density at radius 2 is 1.49 bits per heavy atom. The number of aliphatic hydroxyl groups excluding tert-OH is 1. The van der Waals surface area contributed by atoms with Crippen LogP contribution in [-0.4, -0.2) is 95.6 Å². The number of aryl methyl sites for hydroxylation is 1. The van der Waals surface area contributed by atoms with E-state index in [4.69, 9.17) is 15.0 Å². The summed E-state index contributed by atoms with van der Waals surface area (Å²) in [4.78, 5) is 83.2. The van der Waals surface area contributed by atoms with Crippen LogP contribution in [0.4, 0.5) is 0 Å². The highest BCUT2D eigenvalue weighted by atomic mass is 16.7. The van der Waals surface area contributed by atoms with Crippen molar-refractivity contribution in [1.29, 1.82) is 0 Å². The van der Waals surface area contributed by atoms with E-state index in [-0.39, 0.29) is 78.3 Å². The molecule has 13 heteroatoms. The van der Waals surface area contributed by atoms with E-state index >= 15 is 0 Å². The zero-order valence-corrected chi connectivity index (χ0v) is 42.8. The van der Waals surface area contributed by atoms with Gasteiger partial charge in [0.1, 0.15) is 11.8 Å². The number of nitrogens with one attached hydrogen (secondary N) is 1. The molecule has 4 fully saturated rings. The third-order valence-electron chi connectivity index (χ3n) is 15.8. The minimum Gasteiger partial charge on any atom is -0.405 e. The average Bonchev–Trinajstić information content (AvgIpc) is 3.67. The Hall–Kier alpha value is -4.04. The molecule has 3 aliphatic carbocycles. The molecule has 3 saturated carbocycles. The van der Waals surface area contributed by atoms with Gasteiger partial charge in [0, 0.05) is 56.6 Å². The molecular formula is C55H82BN3O9. The molecule has 0 spiro atoms. The largest absolute Gasteiger partial charge is 0.461 e. The molecule has 68 heavy (non-hydrogen) atoms. The van der Waals surface area contributed by atoms with Gasteiger partial charge < -0.3 is 30.4 Å². The lowest BCUT2D eigenvalue weighted by Crippen LogP contribution is -2.65. The van der Waals surface area contributed by atoms with E-state index in [2.05, 4.69) is 57.3 Å². The Morgan fingerprint density at radius 3 is 2.07 bits per heavy atom.